The Balaban J connectivity index is 1.90. The molecule has 0 saturated heterocycles. The third-order valence-corrected chi connectivity index (χ3v) is 3.58. The van der Waals surface area contributed by atoms with Crippen molar-refractivity contribution in [2.24, 2.45) is 4.99 Å². The Bertz CT molecular complexity index is 935. The smallest absolute Gasteiger partial charge is 0.139 e. The highest BCUT2D eigenvalue weighted by molar-refractivity contribution is 5.85. The van der Waals surface area contributed by atoms with Crippen molar-refractivity contribution in [3.05, 3.63) is 95.3 Å². The van der Waals surface area contributed by atoms with Gasteiger partial charge in [-0.3, -0.25) is 4.99 Å². The van der Waals surface area contributed by atoms with Crippen molar-refractivity contribution in [1.29, 1.82) is 0 Å². The summed E-state index contributed by atoms with van der Waals surface area (Å²) in [5, 5.41) is 0. The fraction of sp³-hybridized carbons (Fsp3) is 0.0455. The Kier molecular flexibility index (Phi) is 5.23. The minimum Gasteiger partial charge on any atom is -0.497 e. The number of ether oxygens (including phenoxy) is 1. The van der Waals surface area contributed by atoms with E-state index in [0.29, 0.717) is 11.1 Å². The van der Waals surface area contributed by atoms with Gasteiger partial charge in [0, 0.05) is 17.3 Å². The summed E-state index contributed by atoms with van der Waals surface area (Å²) in [5.74, 6) is 6.31. The van der Waals surface area contributed by atoms with Crippen molar-refractivity contribution < 1.29 is 9.13 Å². The zero-order valence-corrected chi connectivity index (χ0v) is 13.7. The van der Waals surface area contributed by atoms with Crippen LogP contribution in [0, 0.1) is 17.7 Å². The SMILES string of the molecule is COc1ccc(N=Cc2cccc(F)c2C#Cc2ccccc2)cc1. The lowest BCUT2D eigenvalue weighted by Crippen LogP contribution is -1.92. The molecule has 0 bridgehead atoms. The first-order chi connectivity index (χ1) is 12.3. The highest BCUT2D eigenvalue weighted by atomic mass is 19.1. The molecule has 0 saturated carbocycles. The van der Waals surface area contributed by atoms with Gasteiger partial charge in [0.1, 0.15) is 11.6 Å². The molecule has 0 aromatic heterocycles. The number of hydrogen-bond donors (Lipinski definition) is 0. The highest BCUT2D eigenvalue weighted by Gasteiger charge is 2.04. The van der Waals surface area contributed by atoms with Gasteiger partial charge < -0.3 is 4.74 Å². The molecule has 3 rings (SSSR count). The lowest BCUT2D eigenvalue weighted by molar-refractivity contribution is 0.415. The van der Waals surface area contributed by atoms with Crippen LogP contribution < -0.4 is 4.74 Å². The molecule has 0 unspecified atom stereocenters. The summed E-state index contributed by atoms with van der Waals surface area (Å²) in [6.07, 6.45) is 1.62. The summed E-state index contributed by atoms with van der Waals surface area (Å²) in [7, 11) is 1.61. The molecule has 0 radical (unpaired) electrons. The van der Waals surface area contributed by atoms with Crippen LogP contribution in [0.3, 0.4) is 0 Å². The van der Waals surface area contributed by atoms with Crippen molar-refractivity contribution in [3.8, 4) is 17.6 Å². The molecule has 0 atom stereocenters. The van der Waals surface area contributed by atoms with E-state index in [9.17, 15) is 4.39 Å². The van der Waals surface area contributed by atoms with Gasteiger partial charge in [-0.25, -0.2) is 4.39 Å². The Morgan fingerprint density at radius 1 is 0.880 bits per heavy atom. The normalized spacial score (nSPS) is 10.3. The number of benzene rings is 3. The van der Waals surface area contributed by atoms with E-state index in [-0.39, 0.29) is 5.82 Å². The average Bonchev–Trinajstić information content (AvgIpc) is 2.67. The molecule has 0 fully saturated rings. The van der Waals surface area contributed by atoms with Crippen LogP contribution >= 0.6 is 0 Å². The summed E-state index contributed by atoms with van der Waals surface area (Å²) >= 11 is 0. The van der Waals surface area contributed by atoms with Gasteiger partial charge in [-0.2, -0.15) is 0 Å². The zero-order valence-electron chi connectivity index (χ0n) is 13.7. The first-order valence-corrected chi connectivity index (χ1v) is 7.80. The number of aliphatic imine (C=N–C) groups is 1. The van der Waals surface area contributed by atoms with Crippen LogP contribution in [0.15, 0.2) is 77.8 Å². The number of rotatable bonds is 3. The lowest BCUT2D eigenvalue weighted by atomic mass is 10.1. The van der Waals surface area contributed by atoms with Crippen LogP contribution in [0.2, 0.25) is 0 Å². The van der Waals surface area contributed by atoms with Crippen molar-refractivity contribution in [2.75, 3.05) is 7.11 Å². The van der Waals surface area contributed by atoms with E-state index < -0.39 is 0 Å². The molecule has 0 amide bonds. The van der Waals surface area contributed by atoms with E-state index in [1.807, 2.05) is 54.6 Å². The molecule has 3 heteroatoms. The van der Waals surface area contributed by atoms with Crippen LogP contribution in [-0.4, -0.2) is 13.3 Å². The number of methoxy groups -OCH3 is 1. The molecule has 0 heterocycles. The summed E-state index contributed by atoms with van der Waals surface area (Å²) in [6.45, 7) is 0. The van der Waals surface area contributed by atoms with Gasteiger partial charge in [-0.05, 0) is 42.5 Å². The molecular weight excluding hydrogens is 313 g/mol. The van der Waals surface area contributed by atoms with Gasteiger partial charge >= 0.3 is 0 Å². The van der Waals surface area contributed by atoms with Crippen molar-refractivity contribution >= 4 is 11.9 Å². The Labute approximate surface area is 146 Å². The Morgan fingerprint density at radius 3 is 2.36 bits per heavy atom. The minimum absolute atomic E-state index is 0.337. The predicted molar refractivity (Wildman–Crippen MR) is 99.1 cm³/mol. The van der Waals surface area contributed by atoms with E-state index >= 15 is 0 Å². The van der Waals surface area contributed by atoms with Gasteiger partial charge in [0.15, 0.2) is 0 Å². The summed E-state index contributed by atoms with van der Waals surface area (Å²) in [5.41, 5.74) is 2.57. The van der Waals surface area contributed by atoms with Crippen LogP contribution in [0.1, 0.15) is 16.7 Å². The molecule has 0 aliphatic heterocycles. The standard InChI is InChI=1S/C22H16FNO/c1-25-20-13-11-19(12-14-20)24-16-18-8-5-9-22(23)21(18)15-10-17-6-3-2-4-7-17/h2-9,11-14,16H,1H3. The van der Waals surface area contributed by atoms with Gasteiger partial charge in [0.2, 0.25) is 0 Å². The fourth-order valence-corrected chi connectivity index (χ4v) is 2.25. The van der Waals surface area contributed by atoms with E-state index in [0.717, 1.165) is 17.0 Å². The second-order valence-electron chi connectivity index (χ2n) is 5.28. The van der Waals surface area contributed by atoms with Crippen LogP contribution in [0.25, 0.3) is 0 Å². The van der Waals surface area contributed by atoms with Gasteiger partial charge in [-0.15, -0.1) is 0 Å². The van der Waals surface area contributed by atoms with Crippen molar-refractivity contribution in [1.82, 2.24) is 0 Å². The van der Waals surface area contributed by atoms with E-state index in [1.165, 1.54) is 6.07 Å². The quantitative estimate of drug-likeness (QED) is 0.490. The molecule has 0 aliphatic rings. The summed E-state index contributed by atoms with van der Waals surface area (Å²) in [4.78, 5) is 4.39. The molecular formula is C22H16FNO. The molecule has 0 N–H and O–H groups in total. The second-order valence-corrected chi connectivity index (χ2v) is 5.28. The maximum Gasteiger partial charge on any atom is 0.139 e. The van der Waals surface area contributed by atoms with Crippen molar-refractivity contribution in [2.45, 2.75) is 0 Å². The number of nitrogens with zero attached hydrogens (tertiary/aromatic N) is 1. The first-order valence-electron chi connectivity index (χ1n) is 7.80. The number of hydrogen-bond acceptors (Lipinski definition) is 2. The Morgan fingerprint density at radius 2 is 1.64 bits per heavy atom. The van der Waals surface area contributed by atoms with Crippen LogP contribution in [0.5, 0.6) is 5.75 Å². The molecule has 3 aromatic carbocycles. The monoisotopic (exact) mass is 329 g/mol. The highest BCUT2D eigenvalue weighted by Crippen LogP contribution is 2.18. The molecule has 122 valence electrons. The predicted octanol–water partition coefficient (Wildman–Crippen LogP) is 4.98. The zero-order chi connectivity index (χ0) is 17.5. The fourth-order valence-electron chi connectivity index (χ4n) is 2.25. The Hall–Kier alpha value is -3.38. The third-order valence-electron chi connectivity index (χ3n) is 3.58. The molecule has 0 spiro atoms. The van der Waals surface area contributed by atoms with E-state index in [1.54, 1.807) is 25.5 Å². The first kappa shape index (κ1) is 16.5. The number of halogens is 1. The maximum absolute atomic E-state index is 14.2. The average molecular weight is 329 g/mol. The van der Waals surface area contributed by atoms with Gasteiger partial charge in [-0.1, -0.05) is 42.2 Å². The van der Waals surface area contributed by atoms with Crippen LogP contribution in [-0.2, 0) is 0 Å². The summed E-state index contributed by atoms with van der Waals surface area (Å²) in [6, 6.07) is 21.7. The third kappa shape index (κ3) is 4.33. The minimum atomic E-state index is -0.359. The van der Waals surface area contributed by atoms with E-state index in [2.05, 4.69) is 16.8 Å². The topological polar surface area (TPSA) is 21.6 Å². The van der Waals surface area contributed by atoms with Gasteiger partial charge in [0.05, 0.1) is 18.4 Å². The molecule has 25 heavy (non-hydrogen) atoms. The second kappa shape index (κ2) is 7.94. The molecule has 2 nitrogen and oxygen atoms in total. The molecule has 0 aliphatic carbocycles. The van der Waals surface area contributed by atoms with Crippen LogP contribution in [0.4, 0.5) is 10.1 Å². The lowest BCUT2D eigenvalue weighted by Gasteiger charge is -2.01. The van der Waals surface area contributed by atoms with Crippen molar-refractivity contribution in [3.63, 3.8) is 0 Å². The molecule has 3 aromatic rings. The van der Waals surface area contributed by atoms with E-state index in [4.69, 9.17) is 4.74 Å². The summed E-state index contributed by atoms with van der Waals surface area (Å²) < 4.78 is 19.3. The largest absolute Gasteiger partial charge is 0.497 e. The maximum atomic E-state index is 14.2. The van der Waals surface area contributed by atoms with Gasteiger partial charge in [0.25, 0.3) is 0 Å².